The molecule has 0 fully saturated rings. The third-order valence-corrected chi connectivity index (χ3v) is 6.45. The minimum atomic E-state index is -3.78. The van der Waals surface area contributed by atoms with E-state index in [1.807, 2.05) is 43.3 Å². The fraction of sp³-hybridized carbons (Fsp3) is 0.350. The molecule has 1 N–H and O–H groups in total. The van der Waals surface area contributed by atoms with Crippen LogP contribution in [0.15, 0.2) is 47.4 Å². The van der Waals surface area contributed by atoms with Gasteiger partial charge in [0, 0.05) is 39.4 Å². The molecule has 0 aliphatic carbocycles. The van der Waals surface area contributed by atoms with Crippen molar-refractivity contribution in [3.8, 4) is 0 Å². The zero-order valence-electron chi connectivity index (χ0n) is 16.6. The Morgan fingerprint density at radius 1 is 1.07 bits per heavy atom. The third kappa shape index (κ3) is 4.88. The van der Waals surface area contributed by atoms with E-state index in [0.29, 0.717) is 13.1 Å². The summed E-state index contributed by atoms with van der Waals surface area (Å²) in [6.07, 6.45) is 0. The maximum atomic E-state index is 14.2. The number of sulfonamides is 1. The highest BCUT2D eigenvalue weighted by Crippen LogP contribution is 2.20. The molecule has 0 aliphatic heterocycles. The number of rotatable bonds is 8. The molecule has 6 nitrogen and oxygen atoms in total. The van der Waals surface area contributed by atoms with Gasteiger partial charge in [0.25, 0.3) is 5.91 Å². The first kappa shape index (κ1) is 21.8. The molecule has 1 amide bonds. The second kappa shape index (κ2) is 9.16. The van der Waals surface area contributed by atoms with Crippen LogP contribution in [0.1, 0.15) is 29.8 Å². The number of nitrogens with zero attached hydrogens (tertiary/aromatic N) is 2. The quantitative estimate of drug-likeness (QED) is 0.731. The Bertz CT molecular complexity index is 941. The number of benzene rings is 2. The molecular formula is C20H26FN3O3S. The average Bonchev–Trinajstić information content (AvgIpc) is 2.67. The van der Waals surface area contributed by atoms with Gasteiger partial charge in [0.15, 0.2) is 0 Å². The first-order chi connectivity index (χ1) is 13.2. The van der Waals surface area contributed by atoms with Crippen molar-refractivity contribution in [2.45, 2.75) is 25.3 Å². The SMILES string of the molecule is CCN(CC)S(=O)(=O)c1ccc(F)c(C(=O)NCc2cccc(N(C)C)c2)c1. The van der Waals surface area contributed by atoms with Gasteiger partial charge in [-0.25, -0.2) is 12.8 Å². The van der Waals surface area contributed by atoms with Crippen LogP contribution in [0.2, 0.25) is 0 Å². The topological polar surface area (TPSA) is 69.7 Å². The van der Waals surface area contributed by atoms with Crippen molar-refractivity contribution >= 4 is 21.6 Å². The molecule has 0 aromatic heterocycles. The number of halogens is 1. The van der Waals surface area contributed by atoms with Gasteiger partial charge in [-0.05, 0) is 35.9 Å². The third-order valence-electron chi connectivity index (χ3n) is 4.41. The molecule has 0 bridgehead atoms. The summed E-state index contributed by atoms with van der Waals surface area (Å²) in [4.78, 5) is 14.3. The van der Waals surface area contributed by atoms with E-state index in [1.54, 1.807) is 13.8 Å². The molecule has 2 rings (SSSR count). The molecule has 0 spiro atoms. The Hall–Kier alpha value is -2.45. The highest BCUT2D eigenvalue weighted by molar-refractivity contribution is 7.89. The molecule has 0 saturated heterocycles. The maximum absolute atomic E-state index is 14.2. The monoisotopic (exact) mass is 407 g/mol. The van der Waals surface area contributed by atoms with E-state index in [9.17, 15) is 17.6 Å². The van der Waals surface area contributed by atoms with Gasteiger partial charge in [0.05, 0.1) is 10.5 Å². The van der Waals surface area contributed by atoms with Gasteiger partial charge in [0.1, 0.15) is 5.82 Å². The van der Waals surface area contributed by atoms with Crippen LogP contribution in [0, 0.1) is 5.82 Å². The number of nitrogens with one attached hydrogen (secondary N) is 1. The molecule has 0 heterocycles. The van der Waals surface area contributed by atoms with E-state index in [1.165, 1.54) is 10.4 Å². The van der Waals surface area contributed by atoms with Crippen molar-refractivity contribution in [3.63, 3.8) is 0 Å². The van der Waals surface area contributed by atoms with Crippen LogP contribution in [-0.2, 0) is 16.6 Å². The molecule has 28 heavy (non-hydrogen) atoms. The maximum Gasteiger partial charge on any atom is 0.254 e. The van der Waals surface area contributed by atoms with E-state index in [2.05, 4.69) is 5.32 Å². The second-order valence-electron chi connectivity index (χ2n) is 6.48. The molecular weight excluding hydrogens is 381 g/mol. The molecule has 2 aromatic rings. The molecule has 8 heteroatoms. The smallest absolute Gasteiger partial charge is 0.254 e. The van der Waals surface area contributed by atoms with Crippen molar-refractivity contribution in [3.05, 3.63) is 59.4 Å². The van der Waals surface area contributed by atoms with E-state index in [0.717, 1.165) is 23.4 Å². The summed E-state index contributed by atoms with van der Waals surface area (Å²) in [6, 6.07) is 10.9. The van der Waals surface area contributed by atoms with Crippen LogP contribution in [0.25, 0.3) is 0 Å². The van der Waals surface area contributed by atoms with Crippen LogP contribution in [-0.4, -0.2) is 45.8 Å². The second-order valence-corrected chi connectivity index (χ2v) is 8.42. The summed E-state index contributed by atoms with van der Waals surface area (Å²) in [5.41, 5.74) is 1.54. The average molecular weight is 408 g/mol. The zero-order chi connectivity index (χ0) is 20.9. The minimum absolute atomic E-state index is 0.0997. The Balaban J connectivity index is 2.23. The molecule has 0 aliphatic rings. The van der Waals surface area contributed by atoms with Crippen molar-refractivity contribution in [1.82, 2.24) is 9.62 Å². The van der Waals surface area contributed by atoms with Gasteiger partial charge >= 0.3 is 0 Å². The number of amides is 1. The van der Waals surface area contributed by atoms with Crippen molar-refractivity contribution in [2.24, 2.45) is 0 Å². The number of hydrogen-bond acceptors (Lipinski definition) is 4. The van der Waals surface area contributed by atoms with Gasteiger partial charge in [-0.2, -0.15) is 4.31 Å². The highest BCUT2D eigenvalue weighted by atomic mass is 32.2. The van der Waals surface area contributed by atoms with E-state index >= 15 is 0 Å². The van der Waals surface area contributed by atoms with Crippen molar-refractivity contribution < 1.29 is 17.6 Å². The van der Waals surface area contributed by atoms with Crippen LogP contribution in [0.5, 0.6) is 0 Å². The van der Waals surface area contributed by atoms with Crippen LogP contribution < -0.4 is 10.2 Å². The fourth-order valence-electron chi connectivity index (χ4n) is 2.77. The van der Waals surface area contributed by atoms with Gasteiger partial charge in [-0.15, -0.1) is 0 Å². The molecule has 2 aromatic carbocycles. The first-order valence-corrected chi connectivity index (χ1v) is 10.5. The largest absolute Gasteiger partial charge is 0.378 e. The van der Waals surface area contributed by atoms with Crippen LogP contribution in [0.4, 0.5) is 10.1 Å². The Labute approximate surface area is 166 Å². The summed E-state index contributed by atoms with van der Waals surface area (Å²) in [5, 5.41) is 2.65. The number of anilines is 1. The normalized spacial score (nSPS) is 11.5. The first-order valence-electron chi connectivity index (χ1n) is 9.04. The fourth-order valence-corrected chi connectivity index (χ4v) is 4.26. The lowest BCUT2D eigenvalue weighted by Crippen LogP contribution is -2.31. The zero-order valence-corrected chi connectivity index (χ0v) is 17.4. The van der Waals surface area contributed by atoms with Gasteiger partial charge in [-0.1, -0.05) is 26.0 Å². The molecule has 0 unspecified atom stereocenters. The van der Waals surface area contributed by atoms with Crippen molar-refractivity contribution in [2.75, 3.05) is 32.1 Å². The number of carbonyl (C=O) groups is 1. The predicted molar refractivity (Wildman–Crippen MR) is 108 cm³/mol. The minimum Gasteiger partial charge on any atom is -0.378 e. The summed E-state index contributed by atoms with van der Waals surface area (Å²) >= 11 is 0. The molecule has 0 radical (unpaired) electrons. The Morgan fingerprint density at radius 2 is 1.75 bits per heavy atom. The summed E-state index contributed by atoms with van der Waals surface area (Å²) < 4.78 is 40.7. The lowest BCUT2D eigenvalue weighted by atomic mass is 10.1. The summed E-state index contributed by atoms with van der Waals surface area (Å²) in [7, 11) is 0.0481. The Morgan fingerprint density at radius 3 is 2.36 bits per heavy atom. The molecule has 0 saturated carbocycles. The number of carbonyl (C=O) groups excluding carboxylic acids is 1. The lowest BCUT2D eigenvalue weighted by Gasteiger charge is -2.19. The van der Waals surface area contributed by atoms with Gasteiger partial charge < -0.3 is 10.2 Å². The standard InChI is InChI=1S/C20H26FN3O3S/c1-5-24(6-2)28(26,27)17-10-11-19(21)18(13-17)20(25)22-14-15-8-7-9-16(12-15)23(3)4/h7-13H,5-6,14H2,1-4H3,(H,22,25). The van der Waals surface area contributed by atoms with E-state index in [-0.39, 0.29) is 17.0 Å². The van der Waals surface area contributed by atoms with E-state index in [4.69, 9.17) is 0 Å². The highest BCUT2D eigenvalue weighted by Gasteiger charge is 2.24. The van der Waals surface area contributed by atoms with Gasteiger partial charge in [-0.3, -0.25) is 4.79 Å². The summed E-state index contributed by atoms with van der Waals surface area (Å²) in [5.74, 6) is -1.43. The molecule has 0 atom stereocenters. The number of hydrogen-bond donors (Lipinski definition) is 1. The van der Waals surface area contributed by atoms with Crippen LogP contribution >= 0.6 is 0 Å². The molecule has 152 valence electrons. The van der Waals surface area contributed by atoms with Gasteiger partial charge in [0.2, 0.25) is 10.0 Å². The summed E-state index contributed by atoms with van der Waals surface area (Å²) in [6.45, 7) is 4.23. The Kier molecular flexibility index (Phi) is 7.15. The lowest BCUT2D eigenvalue weighted by molar-refractivity contribution is 0.0946. The van der Waals surface area contributed by atoms with Crippen molar-refractivity contribution in [1.29, 1.82) is 0 Å². The van der Waals surface area contributed by atoms with Crippen LogP contribution in [0.3, 0.4) is 0 Å². The predicted octanol–water partition coefficient (Wildman–Crippen LogP) is 2.85. The van der Waals surface area contributed by atoms with E-state index < -0.39 is 21.7 Å².